The van der Waals surface area contributed by atoms with Gasteiger partial charge < -0.3 is 20.7 Å². The van der Waals surface area contributed by atoms with Gasteiger partial charge in [-0.3, -0.25) is 0 Å². The Morgan fingerprint density at radius 1 is 1.40 bits per heavy atom. The maximum atomic E-state index is 11.8. The van der Waals surface area contributed by atoms with Crippen LogP contribution in [0.15, 0.2) is 12.4 Å². The molecule has 0 aliphatic heterocycles. The van der Waals surface area contributed by atoms with Crippen molar-refractivity contribution in [2.45, 2.75) is 44.1 Å². The van der Waals surface area contributed by atoms with Gasteiger partial charge in [0.2, 0.25) is 0 Å². The monoisotopic (exact) mass is 280 g/mol. The molecule has 2 rings (SSSR count). The molecule has 1 fully saturated rings. The Balaban J connectivity index is 1.70. The SMILES string of the molecule is O=C(NCCCc1ncc[nH]1)NC1(C(=O)O)CCCC1. The van der Waals surface area contributed by atoms with Gasteiger partial charge in [-0.25, -0.2) is 14.6 Å². The largest absolute Gasteiger partial charge is 0.480 e. The minimum Gasteiger partial charge on any atom is -0.480 e. The fourth-order valence-electron chi connectivity index (χ4n) is 2.52. The van der Waals surface area contributed by atoms with Crippen LogP contribution >= 0.6 is 0 Å². The number of carbonyl (C=O) groups is 2. The van der Waals surface area contributed by atoms with Gasteiger partial charge in [0.1, 0.15) is 11.4 Å². The molecule has 0 aromatic carbocycles. The summed E-state index contributed by atoms with van der Waals surface area (Å²) in [6.45, 7) is 0.488. The molecule has 7 heteroatoms. The molecule has 1 aromatic rings. The van der Waals surface area contributed by atoms with Crippen LogP contribution in [0.3, 0.4) is 0 Å². The molecule has 110 valence electrons. The average Bonchev–Trinajstić information content (AvgIpc) is 3.06. The Morgan fingerprint density at radius 2 is 2.15 bits per heavy atom. The van der Waals surface area contributed by atoms with E-state index < -0.39 is 17.5 Å². The highest BCUT2D eigenvalue weighted by atomic mass is 16.4. The van der Waals surface area contributed by atoms with E-state index in [2.05, 4.69) is 20.6 Å². The third-order valence-electron chi connectivity index (χ3n) is 3.65. The Hall–Kier alpha value is -2.05. The van der Waals surface area contributed by atoms with E-state index in [1.54, 1.807) is 12.4 Å². The standard InChI is InChI=1S/C13H20N4O3/c18-11(19)13(5-1-2-6-13)17-12(20)16-7-3-4-10-14-8-9-15-10/h8-9H,1-7H2,(H,14,15)(H,18,19)(H2,16,17,20). The fourth-order valence-corrected chi connectivity index (χ4v) is 2.52. The number of hydrogen-bond acceptors (Lipinski definition) is 3. The molecule has 1 aromatic heterocycles. The third kappa shape index (κ3) is 3.49. The molecule has 0 bridgehead atoms. The molecule has 20 heavy (non-hydrogen) atoms. The van der Waals surface area contributed by atoms with Crippen molar-refractivity contribution in [2.24, 2.45) is 0 Å². The smallest absolute Gasteiger partial charge is 0.329 e. The number of aromatic nitrogens is 2. The van der Waals surface area contributed by atoms with Gasteiger partial charge in [-0.05, 0) is 19.3 Å². The first kappa shape index (κ1) is 14.4. The highest BCUT2D eigenvalue weighted by Gasteiger charge is 2.42. The molecule has 4 N–H and O–H groups in total. The zero-order chi connectivity index (χ0) is 14.4. The van der Waals surface area contributed by atoms with Crippen LogP contribution in [0.25, 0.3) is 0 Å². The maximum absolute atomic E-state index is 11.8. The van der Waals surface area contributed by atoms with Crippen LogP contribution in [0.4, 0.5) is 4.79 Å². The minimum atomic E-state index is -1.08. The van der Waals surface area contributed by atoms with E-state index in [0.29, 0.717) is 19.4 Å². The van der Waals surface area contributed by atoms with E-state index in [0.717, 1.165) is 31.5 Å². The van der Waals surface area contributed by atoms with E-state index in [-0.39, 0.29) is 0 Å². The normalized spacial score (nSPS) is 16.8. The summed E-state index contributed by atoms with van der Waals surface area (Å²) >= 11 is 0. The lowest BCUT2D eigenvalue weighted by Crippen LogP contribution is -2.55. The summed E-state index contributed by atoms with van der Waals surface area (Å²) in [6.07, 6.45) is 7.62. The molecule has 1 heterocycles. The van der Waals surface area contributed by atoms with Crippen LogP contribution in [-0.2, 0) is 11.2 Å². The van der Waals surface area contributed by atoms with Crippen molar-refractivity contribution in [2.75, 3.05) is 6.54 Å². The Kier molecular flexibility index (Phi) is 4.60. The number of rotatable bonds is 6. The Bertz CT molecular complexity index is 452. The number of nitrogens with one attached hydrogen (secondary N) is 3. The van der Waals surface area contributed by atoms with Gasteiger partial charge >= 0.3 is 12.0 Å². The number of aryl methyl sites for hydroxylation is 1. The van der Waals surface area contributed by atoms with Crippen LogP contribution < -0.4 is 10.6 Å². The minimum absolute atomic E-state index is 0.409. The first-order valence-electron chi connectivity index (χ1n) is 6.90. The summed E-state index contributed by atoms with van der Waals surface area (Å²) in [5.41, 5.74) is -1.08. The number of H-pyrrole nitrogens is 1. The zero-order valence-corrected chi connectivity index (χ0v) is 11.3. The van der Waals surface area contributed by atoms with E-state index in [9.17, 15) is 14.7 Å². The molecule has 0 unspecified atom stereocenters. The Labute approximate surface area is 117 Å². The van der Waals surface area contributed by atoms with E-state index >= 15 is 0 Å². The summed E-state index contributed by atoms with van der Waals surface area (Å²) in [4.78, 5) is 30.1. The topological polar surface area (TPSA) is 107 Å². The van der Waals surface area contributed by atoms with Gasteiger partial charge in [-0.2, -0.15) is 0 Å². The molecule has 1 aliphatic carbocycles. The van der Waals surface area contributed by atoms with Crippen molar-refractivity contribution in [3.63, 3.8) is 0 Å². The summed E-state index contributed by atoms with van der Waals surface area (Å²) in [5.74, 6) is -0.0641. The van der Waals surface area contributed by atoms with Crippen molar-refractivity contribution < 1.29 is 14.7 Å². The Morgan fingerprint density at radius 3 is 2.75 bits per heavy atom. The number of imidazole rings is 1. The van der Waals surface area contributed by atoms with Crippen LogP contribution in [0.5, 0.6) is 0 Å². The number of aromatic amines is 1. The molecule has 0 atom stereocenters. The zero-order valence-electron chi connectivity index (χ0n) is 11.3. The van der Waals surface area contributed by atoms with Crippen molar-refractivity contribution in [3.05, 3.63) is 18.2 Å². The van der Waals surface area contributed by atoms with E-state index in [1.165, 1.54) is 0 Å². The summed E-state index contributed by atoms with van der Waals surface area (Å²) < 4.78 is 0. The van der Waals surface area contributed by atoms with Crippen molar-refractivity contribution in [1.82, 2.24) is 20.6 Å². The van der Waals surface area contributed by atoms with Gasteiger partial charge in [-0.15, -0.1) is 0 Å². The predicted molar refractivity (Wildman–Crippen MR) is 72.3 cm³/mol. The molecular weight excluding hydrogens is 260 g/mol. The van der Waals surface area contributed by atoms with Gasteiger partial charge in [-0.1, -0.05) is 12.8 Å². The lowest BCUT2D eigenvalue weighted by Gasteiger charge is -2.25. The summed E-state index contributed by atoms with van der Waals surface area (Å²) in [5, 5.41) is 14.6. The maximum Gasteiger partial charge on any atom is 0.329 e. The number of aliphatic carboxylic acids is 1. The molecule has 0 saturated heterocycles. The number of amides is 2. The molecule has 7 nitrogen and oxygen atoms in total. The second kappa shape index (κ2) is 6.40. The van der Waals surface area contributed by atoms with Crippen LogP contribution in [0.1, 0.15) is 37.9 Å². The first-order valence-corrected chi connectivity index (χ1v) is 6.90. The number of urea groups is 1. The molecule has 1 aliphatic rings. The third-order valence-corrected chi connectivity index (χ3v) is 3.65. The lowest BCUT2D eigenvalue weighted by atomic mass is 9.98. The van der Waals surface area contributed by atoms with E-state index in [4.69, 9.17) is 0 Å². The first-order chi connectivity index (χ1) is 9.62. The second-order valence-electron chi connectivity index (χ2n) is 5.11. The van der Waals surface area contributed by atoms with Crippen molar-refractivity contribution in [3.8, 4) is 0 Å². The average molecular weight is 280 g/mol. The second-order valence-corrected chi connectivity index (χ2v) is 5.11. The number of carbonyl (C=O) groups excluding carboxylic acids is 1. The van der Waals surface area contributed by atoms with Crippen LogP contribution in [0, 0.1) is 0 Å². The van der Waals surface area contributed by atoms with Gasteiger partial charge in [0.05, 0.1) is 0 Å². The molecule has 1 saturated carbocycles. The van der Waals surface area contributed by atoms with Gasteiger partial charge in [0.25, 0.3) is 0 Å². The summed E-state index contributed by atoms with van der Waals surface area (Å²) in [6, 6.07) is -0.409. The fraction of sp³-hybridized carbons (Fsp3) is 0.615. The quantitative estimate of drug-likeness (QED) is 0.584. The van der Waals surface area contributed by atoms with Gasteiger partial charge in [0.15, 0.2) is 0 Å². The highest BCUT2D eigenvalue weighted by Crippen LogP contribution is 2.29. The van der Waals surface area contributed by atoms with Gasteiger partial charge in [0, 0.05) is 25.4 Å². The van der Waals surface area contributed by atoms with Crippen LogP contribution in [0.2, 0.25) is 0 Å². The molecule has 0 radical (unpaired) electrons. The highest BCUT2D eigenvalue weighted by molar-refractivity contribution is 5.86. The molecule has 0 spiro atoms. The lowest BCUT2D eigenvalue weighted by molar-refractivity contribution is -0.144. The van der Waals surface area contributed by atoms with Crippen LogP contribution in [-0.4, -0.2) is 39.2 Å². The van der Waals surface area contributed by atoms with E-state index in [1.807, 2.05) is 0 Å². The molecule has 2 amide bonds. The van der Waals surface area contributed by atoms with Crippen molar-refractivity contribution >= 4 is 12.0 Å². The summed E-state index contributed by atoms with van der Waals surface area (Å²) in [7, 11) is 0. The number of nitrogens with zero attached hydrogens (tertiary/aromatic N) is 1. The number of carboxylic acids is 1. The predicted octanol–water partition coefficient (Wildman–Crippen LogP) is 1.04. The number of hydrogen-bond donors (Lipinski definition) is 4. The molecular formula is C13H20N4O3. The number of carboxylic acid groups (broad SMARTS) is 1. The van der Waals surface area contributed by atoms with Crippen molar-refractivity contribution in [1.29, 1.82) is 0 Å².